The SMILES string of the molecule is CN(CC(=O)Nc1ccccc1)C(=O)CCNS(=O)(=O)c1ccc(F)c(F)c1. The van der Waals surface area contributed by atoms with Crippen molar-refractivity contribution in [2.24, 2.45) is 0 Å². The van der Waals surface area contributed by atoms with Gasteiger partial charge >= 0.3 is 0 Å². The van der Waals surface area contributed by atoms with E-state index in [9.17, 15) is 26.8 Å². The highest BCUT2D eigenvalue weighted by Gasteiger charge is 2.18. The lowest BCUT2D eigenvalue weighted by Crippen LogP contribution is -2.37. The van der Waals surface area contributed by atoms with E-state index in [1.54, 1.807) is 30.3 Å². The lowest BCUT2D eigenvalue weighted by molar-refractivity contribution is -0.133. The first-order valence-electron chi connectivity index (χ1n) is 8.22. The summed E-state index contributed by atoms with van der Waals surface area (Å²) in [6.07, 6.45) is -0.210. The van der Waals surface area contributed by atoms with E-state index in [-0.39, 0.29) is 19.5 Å². The molecule has 10 heteroatoms. The molecule has 0 heterocycles. The molecule has 0 aliphatic rings. The van der Waals surface area contributed by atoms with Crippen molar-refractivity contribution < 1.29 is 26.8 Å². The zero-order valence-electron chi connectivity index (χ0n) is 15.0. The van der Waals surface area contributed by atoms with Crippen LogP contribution >= 0.6 is 0 Å². The van der Waals surface area contributed by atoms with E-state index < -0.39 is 38.4 Å². The summed E-state index contributed by atoms with van der Waals surface area (Å²) in [5, 5.41) is 2.63. The summed E-state index contributed by atoms with van der Waals surface area (Å²) in [6.45, 7) is -0.464. The van der Waals surface area contributed by atoms with Crippen LogP contribution in [0.15, 0.2) is 53.4 Å². The number of amides is 2. The number of sulfonamides is 1. The zero-order valence-corrected chi connectivity index (χ0v) is 15.8. The van der Waals surface area contributed by atoms with Gasteiger partial charge < -0.3 is 10.2 Å². The molecule has 0 saturated heterocycles. The van der Waals surface area contributed by atoms with E-state index in [1.807, 2.05) is 0 Å². The molecule has 7 nitrogen and oxygen atoms in total. The number of rotatable bonds is 8. The van der Waals surface area contributed by atoms with Gasteiger partial charge in [0, 0.05) is 25.7 Å². The van der Waals surface area contributed by atoms with Crippen LogP contribution < -0.4 is 10.0 Å². The molecule has 0 aromatic heterocycles. The fourth-order valence-corrected chi connectivity index (χ4v) is 3.28. The lowest BCUT2D eigenvalue weighted by Gasteiger charge is -2.17. The Bertz CT molecular complexity index is 953. The molecule has 0 atom stereocenters. The Balaban J connectivity index is 1.82. The van der Waals surface area contributed by atoms with Crippen LogP contribution in [0.1, 0.15) is 6.42 Å². The molecule has 2 aromatic carbocycles. The Morgan fingerprint density at radius 2 is 1.71 bits per heavy atom. The number of carbonyl (C=O) groups excluding carboxylic acids is 2. The summed E-state index contributed by atoms with van der Waals surface area (Å²) >= 11 is 0. The molecule has 0 spiro atoms. The zero-order chi connectivity index (χ0) is 20.7. The van der Waals surface area contributed by atoms with Gasteiger partial charge in [0.25, 0.3) is 0 Å². The molecular formula is C18H19F2N3O4S. The van der Waals surface area contributed by atoms with E-state index in [2.05, 4.69) is 10.0 Å². The van der Waals surface area contributed by atoms with Gasteiger partial charge in [0.1, 0.15) is 0 Å². The summed E-state index contributed by atoms with van der Waals surface area (Å²) in [7, 11) is -2.68. The highest BCUT2D eigenvalue weighted by Crippen LogP contribution is 2.13. The molecule has 2 N–H and O–H groups in total. The lowest BCUT2D eigenvalue weighted by atomic mass is 10.3. The van der Waals surface area contributed by atoms with E-state index in [0.717, 1.165) is 11.0 Å². The van der Waals surface area contributed by atoms with Gasteiger partial charge in [0.2, 0.25) is 21.8 Å². The van der Waals surface area contributed by atoms with Gasteiger partial charge in [-0.25, -0.2) is 21.9 Å². The Kier molecular flexibility index (Phi) is 7.18. The number of halogens is 2. The molecule has 2 amide bonds. The van der Waals surface area contributed by atoms with Crippen molar-refractivity contribution in [3.8, 4) is 0 Å². The summed E-state index contributed by atoms with van der Waals surface area (Å²) in [4.78, 5) is 24.7. The van der Waals surface area contributed by atoms with Gasteiger partial charge in [-0.1, -0.05) is 18.2 Å². The van der Waals surface area contributed by atoms with Crippen LogP contribution in [0.4, 0.5) is 14.5 Å². The predicted octanol–water partition coefficient (Wildman–Crippen LogP) is 1.73. The molecule has 150 valence electrons. The molecule has 0 aliphatic carbocycles. The van der Waals surface area contributed by atoms with E-state index in [0.29, 0.717) is 17.8 Å². The van der Waals surface area contributed by atoms with Crippen LogP contribution in [-0.4, -0.2) is 45.3 Å². The molecular weight excluding hydrogens is 392 g/mol. The van der Waals surface area contributed by atoms with Gasteiger partial charge in [0.05, 0.1) is 11.4 Å². The van der Waals surface area contributed by atoms with Crippen LogP contribution in [0.3, 0.4) is 0 Å². The van der Waals surface area contributed by atoms with Crippen LogP contribution in [0.5, 0.6) is 0 Å². The Hall–Kier alpha value is -2.85. The average molecular weight is 411 g/mol. The minimum atomic E-state index is -4.09. The highest BCUT2D eigenvalue weighted by molar-refractivity contribution is 7.89. The maximum absolute atomic E-state index is 13.2. The molecule has 28 heavy (non-hydrogen) atoms. The summed E-state index contributed by atoms with van der Waals surface area (Å²) in [5.41, 5.74) is 0.590. The maximum atomic E-state index is 13.2. The normalized spacial score (nSPS) is 11.1. The van der Waals surface area contributed by atoms with Gasteiger partial charge in [-0.2, -0.15) is 0 Å². The minimum Gasteiger partial charge on any atom is -0.336 e. The average Bonchev–Trinajstić information content (AvgIpc) is 2.64. The third-order valence-electron chi connectivity index (χ3n) is 3.70. The Labute approximate surface area is 161 Å². The number of likely N-dealkylation sites (N-methyl/N-ethyl adjacent to an activating group) is 1. The largest absolute Gasteiger partial charge is 0.336 e. The van der Waals surface area contributed by atoms with Gasteiger partial charge in [-0.05, 0) is 30.3 Å². The molecule has 2 aromatic rings. The molecule has 2 rings (SSSR count). The second-order valence-corrected chi connectivity index (χ2v) is 7.65. The number of nitrogens with one attached hydrogen (secondary N) is 2. The van der Waals surface area contributed by atoms with Gasteiger partial charge in [-0.3, -0.25) is 9.59 Å². The fraction of sp³-hybridized carbons (Fsp3) is 0.222. The monoisotopic (exact) mass is 411 g/mol. The van der Waals surface area contributed by atoms with Crippen molar-refractivity contribution in [2.75, 3.05) is 25.5 Å². The van der Waals surface area contributed by atoms with Crippen molar-refractivity contribution >= 4 is 27.5 Å². The van der Waals surface area contributed by atoms with Crippen LogP contribution in [-0.2, 0) is 19.6 Å². The quantitative estimate of drug-likeness (QED) is 0.692. The van der Waals surface area contributed by atoms with Crippen LogP contribution in [0.2, 0.25) is 0 Å². The summed E-state index contributed by atoms with van der Waals surface area (Å²) in [6, 6.07) is 10.9. The Morgan fingerprint density at radius 1 is 1.04 bits per heavy atom. The van der Waals surface area contributed by atoms with Crippen molar-refractivity contribution in [1.29, 1.82) is 0 Å². The number of benzene rings is 2. The molecule has 0 unspecified atom stereocenters. The fourth-order valence-electron chi connectivity index (χ4n) is 2.24. The number of anilines is 1. The third kappa shape index (κ3) is 6.10. The third-order valence-corrected chi connectivity index (χ3v) is 5.16. The topological polar surface area (TPSA) is 95.6 Å². The van der Waals surface area contributed by atoms with Crippen molar-refractivity contribution in [3.05, 3.63) is 60.2 Å². The minimum absolute atomic E-state index is 0.205. The van der Waals surface area contributed by atoms with Gasteiger partial charge in [-0.15, -0.1) is 0 Å². The smallest absolute Gasteiger partial charge is 0.243 e. The van der Waals surface area contributed by atoms with Crippen LogP contribution in [0, 0.1) is 11.6 Å². The maximum Gasteiger partial charge on any atom is 0.243 e. The van der Waals surface area contributed by atoms with E-state index in [4.69, 9.17) is 0 Å². The molecule has 0 saturated carbocycles. The second-order valence-electron chi connectivity index (χ2n) is 5.89. The number of para-hydroxylation sites is 1. The first-order chi connectivity index (χ1) is 13.2. The van der Waals surface area contributed by atoms with E-state index in [1.165, 1.54) is 7.05 Å². The Morgan fingerprint density at radius 3 is 2.36 bits per heavy atom. The number of hydrogen-bond donors (Lipinski definition) is 2. The molecule has 0 fully saturated rings. The summed E-state index contributed by atoms with van der Waals surface area (Å²) in [5.74, 6) is -3.31. The highest BCUT2D eigenvalue weighted by atomic mass is 32.2. The first-order valence-corrected chi connectivity index (χ1v) is 9.71. The van der Waals surface area contributed by atoms with Crippen molar-refractivity contribution in [2.45, 2.75) is 11.3 Å². The van der Waals surface area contributed by atoms with Crippen molar-refractivity contribution in [3.63, 3.8) is 0 Å². The number of nitrogens with zero attached hydrogens (tertiary/aromatic N) is 1. The standard InChI is InChI=1S/C18H19F2N3O4S/c1-23(12-17(24)22-13-5-3-2-4-6-13)18(25)9-10-21-28(26,27)14-7-8-15(19)16(20)11-14/h2-8,11,21H,9-10,12H2,1H3,(H,22,24). The summed E-state index contributed by atoms with van der Waals surface area (Å²) < 4.78 is 52.3. The van der Waals surface area contributed by atoms with Crippen molar-refractivity contribution in [1.82, 2.24) is 9.62 Å². The first kappa shape index (κ1) is 21.5. The van der Waals surface area contributed by atoms with Crippen LogP contribution in [0.25, 0.3) is 0 Å². The molecule has 0 aliphatic heterocycles. The molecule has 0 radical (unpaired) electrons. The molecule has 0 bridgehead atoms. The second kappa shape index (κ2) is 9.38. The van der Waals surface area contributed by atoms with E-state index >= 15 is 0 Å². The predicted molar refractivity (Wildman–Crippen MR) is 98.9 cm³/mol. The number of carbonyl (C=O) groups is 2. The van der Waals surface area contributed by atoms with Gasteiger partial charge in [0.15, 0.2) is 11.6 Å². The number of hydrogen-bond acceptors (Lipinski definition) is 4.